The van der Waals surface area contributed by atoms with Crippen molar-refractivity contribution in [2.24, 2.45) is 0 Å². The number of unbranched alkanes of at least 4 members (excludes halogenated alkanes) is 2. The molecule has 0 amide bonds. The molecule has 2 N–H and O–H groups in total. The van der Waals surface area contributed by atoms with E-state index >= 15 is 0 Å². The van der Waals surface area contributed by atoms with Crippen LogP contribution in [0.5, 0.6) is 6.01 Å². The van der Waals surface area contributed by atoms with Crippen LogP contribution >= 0.6 is 0 Å². The highest BCUT2D eigenvalue weighted by Gasteiger charge is 2.42. The van der Waals surface area contributed by atoms with Crippen LogP contribution in [0.1, 0.15) is 134 Å². The van der Waals surface area contributed by atoms with Gasteiger partial charge in [0.25, 0.3) is 0 Å². The van der Waals surface area contributed by atoms with Gasteiger partial charge in [-0.1, -0.05) is 26.7 Å². The maximum atomic E-state index is 6.20. The van der Waals surface area contributed by atoms with E-state index in [2.05, 4.69) is 89.7 Å². The normalized spacial score (nSPS) is 22.3. The quantitative estimate of drug-likeness (QED) is 0.301. The number of nitrogens with one attached hydrogen (secondary N) is 2. The Morgan fingerprint density at radius 2 is 1.02 bits per heavy atom. The van der Waals surface area contributed by atoms with Gasteiger partial charge in [0.05, 0.1) is 6.10 Å². The van der Waals surface area contributed by atoms with E-state index in [0.717, 1.165) is 76.4 Å². The van der Waals surface area contributed by atoms with Crippen molar-refractivity contribution < 1.29 is 4.74 Å². The Hall–Kier alpha value is -1.67. The minimum Gasteiger partial charge on any atom is -0.461 e. The van der Waals surface area contributed by atoms with E-state index in [0.29, 0.717) is 18.1 Å². The van der Waals surface area contributed by atoms with Crippen LogP contribution in [-0.4, -0.2) is 68.4 Å². The first kappa shape index (κ1) is 32.8. The van der Waals surface area contributed by atoms with E-state index in [1.54, 1.807) is 0 Å². The van der Waals surface area contributed by atoms with E-state index in [1.807, 2.05) is 13.8 Å². The minimum atomic E-state index is -0.00946. The Morgan fingerprint density at radius 1 is 0.675 bits per heavy atom. The fourth-order valence-electron chi connectivity index (χ4n) is 7.38. The summed E-state index contributed by atoms with van der Waals surface area (Å²) in [5.41, 5.74) is 0.125. The maximum Gasteiger partial charge on any atom is 0.323 e. The molecule has 3 rings (SSSR count). The summed E-state index contributed by atoms with van der Waals surface area (Å²) >= 11 is 0. The zero-order valence-corrected chi connectivity index (χ0v) is 27.9. The van der Waals surface area contributed by atoms with Crippen LogP contribution in [0.2, 0.25) is 0 Å². The molecule has 8 nitrogen and oxygen atoms in total. The highest BCUT2D eigenvalue weighted by atomic mass is 16.5. The second kappa shape index (κ2) is 12.7. The summed E-state index contributed by atoms with van der Waals surface area (Å²) < 4.78 is 6.20. The third-order valence-electron chi connectivity index (χ3n) is 8.17. The first-order valence-electron chi connectivity index (χ1n) is 16.0. The molecule has 0 aromatic carbocycles. The summed E-state index contributed by atoms with van der Waals surface area (Å²) in [6.07, 6.45) is 8.60. The van der Waals surface area contributed by atoms with Crippen LogP contribution in [-0.2, 0) is 0 Å². The lowest BCUT2D eigenvalue weighted by Gasteiger charge is -2.50. The second-order valence-electron chi connectivity index (χ2n) is 15.4. The predicted octanol–water partition coefficient (Wildman–Crippen LogP) is 6.49. The number of piperidine rings is 2. The summed E-state index contributed by atoms with van der Waals surface area (Å²) in [4.78, 5) is 20.2. The molecule has 0 unspecified atom stereocenters. The standard InChI is InChI=1S/C32H61N7O/c1-13-15-17-38(24-19-29(5,6)36-30(7,8)20-24)26-33-27(35-28(34-26)40-23(3)4)39(18-16-14-2)25-21-31(9,10)37-32(11,12)22-25/h23-25,36-37H,13-22H2,1-12H3. The molecule has 0 spiro atoms. The Balaban J connectivity index is 2.11. The van der Waals surface area contributed by atoms with Crippen LogP contribution in [0.15, 0.2) is 0 Å². The molecule has 40 heavy (non-hydrogen) atoms. The highest BCUT2D eigenvalue weighted by molar-refractivity contribution is 5.43. The molecule has 2 saturated heterocycles. The van der Waals surface area contributed by atoms with E-state index in [4.69, 9.17) is 19.7 Å². The van der Waals surface area contributed by atoms with Gasteiger partial charge in [-0.15, -0.1) is 0 Å². The molecule has 2 fully saturated rings. The van der Waals surface area contributed by atoms with Crippen LogP contribution in [0.25, 0.3) is 0 Å². The lowest BCUT2D eigenvalue weighted by Crippen LogP contribution is -2.63. The van der Waals surface area contributed by atoms with Crippen molar-refractivity contribution in [3.63, 3.8) is 0 Å². The van der Waals surface area contributed by atoms with Gasteiger partial charge in [-0.3, -0.25) is 0 Å². The van der Waals surface area contributed by atoms with Gasteiger partial charge in [-0.2, -0.15) is 15.0 Å². The van der Waals surface area contributed by atoms with E-state index < -0.39 is 0 Å². The number of anilines is 2. The average molecular weight is 560 g/mol. The van der Waals surface area contributed by atoms with Gasteiger partial charge in [0, 0.05) is 47.3 Å². The van der Waals surface area contributed by atoms with Gasteiger partial charge in [0.15, 0.2) is 0 Å². The fourth-order valence-corrected chi connectivity index (χ4v) is 7.38. The Labute approximate surface area is 245 Å². The average Bonchev–Trinajstić information content (AvgIpc) is 2.75. The summed E-state index contributed by atoms with van der Waals surface area (Å²) in [5.74, 6) is 1.53. The molecule has 2 aliphatic rings. The van der Waals surface area contributed by atoms with Gasteiger partial charge < -0.3 is 25.2 Å². The molecule has 0 aliphatic carbocycles. The molecule has 0 atom stereocenters. The molecular weight excluding hydrogens is 498 g/mol. The van der Waals surface area contributed by atoms with Crippen LogP contribution in [0.4, 0.5) is 11.9 Å². The van der Waals surface area contributed by atoms with E-state index in [9.17, 15) is 0 Å². The summed E-state index contributed by atoms with van der Waals surface area (Å²) in [7, 11) is 0. The van der Waals surface area contributed by atoms with Crippen molar-refractivity contribution in [1.29, 1.82) is 0 Å². The molecule has 3 heterocycles. The topological polar surface area (TPSA) is 78.4 Å². The summed E-state index contributed by atoms with van der Waals surface area (Å²) in [5, 5.41) is 7.71. The smallest absolute Gasteiger partial charge is 0.323 e. The van der Waals surface area contributed by atoms with Crippen LogP contribution in [0, 0.1) is 0 Å². The van der Waals surface area contributed by atoms with Crippen molar-refractivity contribution in [3.8, 4) is 6.01 Å². The molecule has 0 bridgehead atoms. The third-order valence-corrected chi connectivity index (χ3v) is 8.17. The lowest BCUT2D eigenvalue weighted by molar-refractivity contribution is 0.156. The maximum absolute atomic E-state index is 6.20. The first-order valence-corrected chi connectivity index (χ1v) is 16.0. The number of ether oxygens (including phenoxy) is 1. The van der Waals surface area contributed by atoms with Gasteiger partial charge >= 0.3 is 6.01 Å². The van der Waals surface area contributed by atoms with Crippen LogP contribution < -0.4 is 25.2 Å². The molecule has 8 heteroatoms. The predicted molar refractivity (Wildman–Crippen MR) is 169 cm³/mol. The van der Waals surface area contributed by atoms with E-state index in [1.165, 1.54) is 0 Å². The van der Waals surface area contributed by atoms with Gasteiger partial charge in [-0.25, -0.2) is 0 Å². The van der Waals surface area contributed by atoms with Crippen molar-refractivity contribution in [2.75, 3.05) is 22.9 Å². The number of rotatable bonds is 12. The summed E-state index contributed by atoms with van der Waals surface area (Å²) in [6, 6.07) is 1.11. The lowest BCUT2D eigenvalue weighted by atomic mass is 9.79. The highest BCUT2D eigenvalue weighted by Crippen LogP contribution is 2.36. The molecular formula is C32H61N7O. The van der Waals surface area contributed by atoms with Gasteiger partial charge in [0.2, 0.25) is 11.9 Å². The molecule has 230 valence electrons. The number of aromatic nitrogens is 3. The van der Waals surface area contributed by atoms with Crippen molar-refractivity contribution in [1.82, 2.24) is 25.6 Å². The fraction of sp³-hybridized carbons (Fsp3) is 0.906. The third kappa shape index (κ3) is 9.17. The monoisotopic (exact) mass is 559 g/mol. The molecule has 2 aliphatic heterocycles. The molecule has 0 saturated carbocycles. The number of hydrogen-bond acceptors (Lipinski definition) is 8. The molecule has 1 aromatic heterocycles. The molecule has 0 radical (unpaired) electrons. The van der Waals surface area contributed by atoms with Crippen LogP contribution in [0.3, 0.4) is 0 Å². The zero-order chi connectivity index (χ0) is 29.9. The van der Waals surface area contributed by atoms with Crippen molar-refractivity contribution >= 4 is 11.9 Å². The number of nitrogens with zero attached hydrogens (tertiary/aromatic N) is 5. The summed E-state index contributed by atoms with van der Waals surface area (Å²) in [6.45, 7) is 29.0. The van der Waals surface area contributed by atoms with E-state index in [-0.39, 0.29) is 28.3 Å². The van der Waals surface area contributed by atoms with Crippen molar-refractivity contribution in [3.05, 3.63) is 0 Å². The Bertz CT molecular complexity index is 858. The Morgan fingerprint density at radius 3 is 1.32 bits per heavy atom. The largest absolute Gasteiger partial charge is 0.461 e. The zero-order valence-electron chi connectivity index (χ0n) is 27.9. The van der Waals surface area contributed by atoms with Crippen molar-refractivity contribution in [2.45, 2.75) is 175 Å². The molecule has 1 aromatic rings. The Kier molecular flexibility index (Phi) is 10.4. The van der Waals surface area contributed by atoms with Gasteiger partial charge in [-0.05, 0) is 108 Å². The second-order valence-corrected chi connectivity index (χ2v) is 15.4. The number of hydrogen-bond donors (Lipinski definition) is 2. The van der Waals surface area contributed by atoms with Gasteiger partial charge in [0.1, 0.15) is 0 Å². The first-order chi connectivity index (χ1) is 18.4. The minimum absolute atomic E-state index is 0.00946. The SMILES string of the molecule is CCCCN(c1nc(OC(C)C)nc(N(CCCC)C2CC(C)(C)NC(C)(C)C2)n1)C1CC(C)(C)NC(C)(C)C1.